The van der Waals surface area contributed by atoms with Crippen LogP contribution in [0, 0.1) is 0 Å². The summed E-state index contributed by atoms with van der Waals surface area (Å²) in [5.74, 6) is -1.11. The van der Waals surface area contributed by atoms with Gasteiger partial charge in [0.25, 0.3) is 0 Å². The molecule has 3 aromatic rings. The molecule has 1 heterocycles. The van der Waals surface area contributed by atoms with Crippen LogP contribution in [0.1, 0.15) is 5.82 Å². The average Bonchev–Trinajstić information content (AvgIpc) is 2.81. The monoisotopic (exact) mass is 398 g/mol. The van der Waals surface area contributed by atoms with Gasteiger partial charge < -0.3 is 0 Å². The molecule has 0 saturated heterocycles. The smallest absolute Gasteiger partial charge is 0.289 e. The highest BCUT2D eigenvalue weighted by atomic mass is 35.5. The van der Waals surface area contributed by atoms with E-state index >= 15 is 0 Å². The molecule has 2 nitrogen and oxygen atoms in total. The summed E-state index contributed by atoms with van der Waals surface area (Å²) in [6, 6.07) is 6.74. The molecular weight excluding hydrogens is 395 g/mol. The number of fused-ring (bicyclic) bond motifs is 1. The molecule has 0 aliphatic rings. The first-order valence-electron chi connectivity index (χ1n) is 6.08. The Hall–Kier alpha value is -1.14. The first-order valence-corrected chi connectivity index (χ1v) is 7.60. The predicted molar refractivity (Wildman–Crippen MR) is 86.1 cm³/mol. The minimum Gasteiger partial charge on any atom is -0.289 e. The highest BCUT2D eigenvalue weighted by Crippen LogP contribution is 2.37. The van der Waals surface area contributed by atoms with Crippen molar-refractivity contribution in [1.29, 1.82) is 0 Å². The van der Waals surface area contributed by atoms with Gasteiger partial charge in [0.15, 0.2) is 0 Å². The van der Waals surface area contributed by atoms with E-state index < -0.39 is 12.0 Å². The quantitative estimate of drug-likeness (QED) is 0.447. The maximum atomic E-state index is 13.3. The summed E-state index contributed by atoms with van der Waals surface area (Å²) in [6.45, 7) is 0. The van der Waals surface area contributed by atoms with Crippen LogP contribution in [0.3, 0.4) is 0 Å². The second-order valence-electron chi connectivity index (χ2n) is 4.62. The van der Waals surface area contributed by atoms with E-state index in [2.05, 4.69) is 4.98 Å². The third-order valence-corrected chi connectivity index (χ3v) is 4.57. The number of halogens is 7. The Balaban J connectivity index is 2.40. The molecule has 120 valence electrons. The van der Waals surface area contributed by atoms with Gasteiger partial charge in [0, 0.05) is 5.69 Å². The Kier molecular flexibility index (Phi) is 4.17. The zero-order valence-corrected chi connectivity index (χ0v) is 14.0. The summed E-state index contributed by atoms with van der Waals surface area (Å²) in [6.07, 6.45) is -4.68. The number of alkyl halides is 3. The summed E-state index contributed by atoms with van der Waals surface area (Å²) < 4.78 is 41.0. The number of imidazole rings is 1. The van der Waals surface area contributed by atoms with Crippen molar-refractivity contribution in [3.8, 4) is 5.69 Å². The number of aromatic nitrogens is 2. The Bertz CT molecular complexity index is 919. The van der Waals surface area contributed by atoms with Crippen LogP contribution in [-0.2, 0) is 6.18 Å². The predicted octanol–water partition coefficient (Wildman–Crippen LogP) is 6.66. The maximum Gasteiger partial charge on any atom is 0.450 e. The number of nitrogens with zero attached hydrogens (tertiary/aromatic N) is 2. The number of rotatable bonds is 1. The van der Waals surface area contributed by atoms with Crippen molar-refractivity contribution < 1.29 is 13.2 Å². The van der Waals surface area contributed by atoms with Crippen LogP contribution in [0.15, 0.2) is 30.3 Å². The molecule has 0 aliphatic heterocycles. The lowest BCUT2D eigenvalue weighted by Crippen LogP contribution is -2.13. The van der Waals surface area contributed by atoms with Gasteiger partial charge in [-0.15, -0.1) is 0 Å². The van der Waals surface area contributed by atoms with Crippen LogP contribution in [0.5, 0.6) is 0 Å². The van der Waals surface area contributed by atoms with Gasteiger partial charge in [-0.1, -0.05) is 46.4 Å². The fourth-order valence-corrected chi connectivity index (χ4v) is 2.76. The first kappa shape index (κ1) is 16.7. The summed E-state index contributed by atoms with van der Waals surface area (Å²) in [7, 11) is 0. The molecule has 0 aliphatic carbocycles. The summed E-state index contributed by atoms with van der Waals surface area (Å²) in [5.41, 5.74) is 0.385. The summed E-state index contributed by atoms with van der Waals surface area (Å²) in [5, 5.41) is 0.592. The second kappa shape index (κ2) is 5.74. The lowest BCUT2D eigenvalue weighted by Gasteiger charge is -2.12. The lowest BCUT2D eigenvalue weighted by molar-refractivity contribution is -0.145. The minimum atomic E-state index is -4.68. The van der Waals surface area contributed by atoms with E-state index in [1.165, 1.54) is 30.3 Å². The summed E-state index contributed by atoms with van der Waals surface area (Å²) in [4.78, 5) is 3.63. The molecule has 0 amide bonds. The standard InChI is InChI=1S/C14H5Cl4F3N2/c15-7-2-1-6(3-8(7)16)23-12-5-10(18)9(17)4-11(12)22-13(23)14(19,20)21/h1-5H. The van der Waals surface area contributed by atoms with Crippen LogP contribution < -0.4 is 0 Å². The SMILES string of the molecule is FC(F)(F)c1nc2cc(Cl)c(Cl)cc2n1-c1ccc(Cl)c(Cl)c1. The first-order chi connectivity index (χ1) is 10.7. The Morgan fingerprint density at radius 2 is 1.43 bits per heavy atom. The fraction of sp³-hybridized carbons (Fsp3) is 0.0714. The van der Waals surface area contributed by atoms with Crippen molar-refractivity contribution in [2.45, 2.75) is 6.18 Å². The van der Waals surface area contributed by atoms with Crippen LogP contribution >= 0.6 is 46.4 Å². The van der Waals surface area contributed by atoms with Gasteiger partial charge in [0.05, 0.1) is 31.1 Å². The molecule has 0 spiro atoms. The highest BCUT2D eigenvalue weighted by Gasteiger charge is 2.38. The van der Waals surface area contributed by atoms with Gasteiger partial charge in [-0.2, -0.15) is 13.2 Å². The molecule has 0 N–H and O–H groups in total. The number of hydrogen-bond acceptors (Lipinski definition) is 1. The van der Waals surface area contributed by atoms with Crippen LogP contribution in [-0.4, -0.2) is 9.55 Å². The van der Waals surface area contributed by atoms with Crippen LogP contribution in [0.2, 0.25) is 20.1 Å². The van der Waals surface area contributed by atoms with E-state index in [0.717, 1.165) is 4.57 Å². The van der Waals surface area contributed by atoms with Gasteiger partial charge in [0.1, 0.15) is 0 Å². The zero-order chi connectivity index (χ0) is 16.9. The highest BCUT2D eigenvalue weighted by molar-refractivity contribution is 6.43. The minimum absolute atomic E-state index is 0.0674. The molecule has 2 aromatic carbocycles. The zero-order valence-electron chi connectivity index (χ0n) is 10.9. The average molecular weight is 400 g/mol. The molecular formula is C14H5Cl4F3N2. The Morgan fingerprint density at radius 1 is 0.826 bits per heavy atom. The van der Waals surface area contributed by atoms with Gasteiger partial charge in [0.2, 0.25) is 5.82 Å². The Morgan fingerprint density at radius 3 is 2.04 bits per heavy atom. The Labute approximate surface area is 148 Å². The van der Waals surface area contributed by atoms with Crippen LogP contribution in [0.4, 0.5) is 13.2 Å². The third-order valence-electron chi connectivity index (χ3n) is 3.11. The van der Waals surface area contributed by atoms with E-state index in [4.69, 9.17) is 46.4 Å². The summed E-state index contributed by atoms with van der Waals surface area (Å²) >= 11 is 23.5. The van der Waals surface area contributed by atoms with Gasteiger partial charge in [-0.3, -0.25) is 4.57 Å². The molecule has 0 bridgehead atoms. The van der Waals surface area contributed by atoms with E-state index in [0.29, 0.717) is 0 Å². The van der Waals surface area contributed by atoms with E-state index in [-0.39, 0.29) is 36.8 Å². The fourth-order valence-electron chi connectivity index (χ4n) is 2.15. The molecule has 0 atom stereocenters. The van der Waals surface area contributed by atoms with Crippen LogP contribution in [0.25, 0.3) is 16.7 Å². The molecule has 23 heavy (non-hydrogen) atoms. The molecule has 0 saturated carbocycles. The molecule has 3 rings (SSSR count). The van der Waals surface area contributed by atoms with Crippen molar-refractivity contribution in [2.75, 3.05) is 0 Å². The largest absolute Gasteiger partial charge is 0.450 e. The maximum absolute atomic E-state index is 13.3. The van der Waals surface area contributed by atoms with Crippen molar-refractivity contribution in [2.24, 2.45) is 0 Å². The topological polar surface area (TPSA) is 17.8 Å². The van der Waals surface area contributed by atoms with E-state index in [1.807, 2.05) is 0 Å². The van der Waals surface area contributed by atoms with Crippen molar-refractivity contribution >= 4 is 57.4 Å². The molecule has 0 radical (unpaired) electrons. The number of hydrogen-bond donors (Lipinski definition) is 0. The molecule has 1 aromatic heterocycles. The molecule has 0 fully saturated rings. The van der Waals surface area contributed by atoms with Crippen molar-refractivity contribution in [3.05, 3.63) is 56.2 Å². The third kappa shape index (κ3) is 2.98. The van der Waals surface area contributed by atoms with Gasteiger partial charge >= 0.3 is 6.18 Å². The van der Waals surface area contributed by atoms with Crippen molar-refractivity contribution in [3.63, 3.8) is 0 Å². The second-order valence-corrected chi connectivity index (χ2v) is 6.25. The van der Waals surface area contributed by atoms with Gasteiger partial charge in [-0.25, -0.2) is 4.98 Å². The van der Waals surface area contributed by atoms with Crippen molar-refractivity contribution in [1.82, 2.24) is 9.55 Å². The number of benzene rings is 2. The van der Waals surface area contributed by atoms with Gasteiger partial charge in [-0.05, 0) is 30.3 Å². The normalized spacial score (nSPS) is 12.1. The van der Waals surface area contributed by atoms with E-state index in [1.54, 1.807) is 0 Å². The molecule has 9 heteroatoms. The van der Waals surface area contributed by atoms with E-state index in [9.17, 15) is 13.2 Å². The lowest BCUT2D eigenvalue weighted by atomic mass is 10.2. The molecule has 0 unspecified atom stereocenters.